The highest BCUT2D eigenvalue weighted by Gasteiger charge is 2.10. The highest BCUT2D eigenvalue weighted by Crippen LogP contribution is 2.13. The zero-order chi connectivity index (χ0) is 17.5. The summed E-state index contributed by atoms with van der Waals surface area (Å²) in [6.45, 7) is 4.06. The molecule has 5 heteroatoms. The molecule has 5 nitrogen and oxygen atoms in total. The van der Waals surface area contributed by atoms with Crippen LogP contribution in [0.5, 0.6) is 5.75 Å². The van der Waals surface area contributed by atoms with Gasteiger partial charge in [0.25, 0.3) is 5.91 Å². The van der Waals surface area contributed by atoms with Crippen molar-refractivity contribution in [2.45, 2.75) is 20.4 Å². The number of hydrogen-bond donors (Lipinski definition) is 2. The second kappa shape index (κ2) is 8.15. The predicted molar refractivity (Wildman–Crippen MR) is 94.1 cm³/mol. The number of amides is 2. The summed E-state index contributed by atoms with van der Waals surface area (Å²) in [5, 5.41) is 5.65. The lowest BCUT2D eigenvalue weighted by molar-refractivity contribution is -0.118. The van der Waals surface area contributed by atoms with E-state index in [9.17, 15) is 9.59 Å². The number of ether oxygens (including phenoxy) is 1. The van der Waals surface area contributed by atoms with E-state index in [-0.39, 0.29) is 17.7 Å². The van der Waals surface area contributed by atoms with Gasteiger partial charge in [0.1, 0.15) is 5.75 Å². The SMILES string of the molecule is COc1ccc(CNC(=O)c2cccc(NC(=O)C(C)C)c2)cc1. The molecular formula is C19H22N2O3. The summed E-state index contributed by atoms with van der Waals surface area (Å²) < 4.78 is 5.10. The molecule has 0 aliphatic carbocycles. The van der Waals surface area contributed by atoms with E-state index >= 15 is 0 Å². The van der Waals surface area contributed by atoms with Gasteiger partial charge in [0.15, 0.2) is 0 Å². The minimum Gasteiger partial charge on any atom is -0.497 e. The monoisotopic (exact) mass is 326 g/mol. The molecule has 0 unspecified atom stereocenters. The Balaban J connectivity index is 1.97. The molecule has 0 spiro atoms. The Morgan fingerprint density at radius 3 is 2.42 bits per heavy atom. The van der Waals surface area contributed by atoms with Crippen molar-refractivity contribution in [3.63, 3.8) is 0 Å². The van der Waals surface area contributed by atoms with Gasteiger partial charge in [-0.3, -0.25) is 9.59 Å². The van der Waals surface area contributed by atoms with Gasteiger partial charge in [-0.05, 0) is 35.9 Å². The molecule has 2 amide bonds. The predicted octanol–water partition coefficient (Wildman–Crippen LogP) is 3.22. The molecule has 126 valence electrons. The Labute approximate surface area is 142 Å². The van der Waals surface area contributed by atoms with Gasteiger partial charge in [0.05, 0.1) is 7.11 Å². The fourth-order valence-corrected chi connectivity index (χ4v) is 2.05. The van der Waals surface area contributed by atoms with Gasteiger partial charge in [-0.2, -0.15) is 0 Å². The molecule has 0 aromatic heterocycles. The zero-order valence-electron chi connectivity index (χ0n) is 14.1. The molecule has 0 fully saturated rings. The maximum atomic E-state index is 12.3. The van der Waals surface area contributed by atoms with Crippen LogP contribution in [0, 0.1) is 5.92 Å². The van der Waals surface area contributed by atoms with E-state index in [0.29, 0.717) is 17.8 Å². The Hall–Kier alpha value is -2.82. The van der Waals surface area contributed by atoms with Crippen LogP contribution < -0.4 is 15.4 Å². The van der Waals surface area contributed by atoms with Crippen LogP contribution in [0.1, 0.15) is 29.8 Å². The van der Waals surface area contributed by atoms with Gasteiger partial charge in [-0.1, -0.05) is 32.0 Å². The summed E-state index contributed by atoms with van der Waals surface area (Å²) in [6.07, 6.45) is 0. The average molecular weight is 326 g/mol. The van der Waals surface area contributed by atoms with Crippen molar-refractivity contribution in [1.82, 2.24) is 5.32 Å². The molecule has 0 aliphatic heterocycles. The smallest absolute Gasteiger partial charge is 0.251 e. The molecule has 2 rings (SSSR count). The van der Waals surface area contributed by atoms with Crippen molar-refractivity contribution in [3.8, 4) is 5.75 Å². The van der Waals surface area contributed by atoms with E-state index < -0.39 is 0 Å². The summed E-state index contributed by atoms with van der Waals surface area (Å²) >= 11 is 0. The van der Waals surface area contributed by atoms with Crippen molar-refractivity contribution in [2.75, 3.05) is 12.4 Å². The molecule has 24 heavy (non-hydrogen) atoms. The molecule has 0 radical (unpaired) electrons. The maximum absolute atomic E-state index is 12.3. The molecule has 0 saturated carbocycles. The number of benzene rings is 2. The minimum atomic E-state index is -0.188. The van der Waals surface area contributed by atoms with E-state index in [1.54, 1.807) is 31.4 Å². The lowest BCUT2D eigenvalue weighted by Gasteiger charge is -2.10. The summed E-state index contributed by atoms with van der Waals surface area (Å²) in [7, 11) is 1.61. The number of carbonyl (C=O) groups excluding carboxylic acids is 2. The van der Waals surface area contributed by atoms with E-state index in [2.05, 4.69) is 10.6 Å². The van der Waals surface area contributed by atoms with Gasteiger partial charge < -0.3 is 15.4 Å². The summed E-state index contributed by atoms with van der Waals surface area (Å²) in [5.74, 6) is 0.397. The maximum Gasteiger partial charge on any atom is 0.251 e. The van der Waals surface area contributed by atoms with Crippen molar-refractivity contribution in [2.24, 2.45) is 5.92 Å². The molecule has 0 atom stereocenters. The fraction of sp³-hybridized carbons (Fsp3) is 0.263. The largest absolute Gasteiger partial charge is 0.497 e. The lowest BCUT2D eigenvalue weighted by atomic mass is 10.1. The Morgan fingerprint density at radius 1 is 1.08 bits per heavy atom. The third-order valence-corrected chi connectivity index (χ3v) is 3.53. The average Bonchev–Trinajstić information content (AvgIpc) is 2.60. The molecular weight excluding hydrogens is 304 g/mol. The van der Waals surface area contributed by atoms with Crippen molar-refractivity contribution >= 4 is 17.5 Å². The van der Waals surface area contributed by atoms with Crippen LogP contribution in [0.3, 0.4) is 0 Å². The van der Waals surface area contributed by atoms with Crippen LogP contribution in [-0.4, -0.2) is 18.9 Å². The Kier molecular flexibility index (Phi) is 5.95. The molecule has 0 aliphatic rings. The molecule has 0 saturated heterocycles. The normalized spacial score (nSPS) is 10.3. The van der Waals surface area contributed by atoms with Gasteiger partial charge in [-0.25, -0.2) is 0 Å². The van der Waals surface area contributed by atoms with Gasteiger partial charge in [0, 0.05) is 23.7 Å². The highest BCUT2D eigenvalue weighted by atomic mass is 16.5. The molecule has 2 aromatic carbocycles. The van der Waals surface area contributed by atoms with Crippen molar-refractivity contribution in [1.29, 1.82) is 0 Å². The molecule has 0 heterocycles. The van der Waals surface area contributed by atoms with E-state index in [0.717, 1.165) is 11.3 Å². The number of methoxy groups -OCH3 is 1. The first-order chi connectivity index (χ1) is 11.5. The number of anilines is 1. The second-order valence-electron chi connectivity index (χ2n) is 5.76. The van der Waals surface area contributed by atoms with Crippen LogP contribution in [0.15, 0.2) is 48.5 Å². The summed E-state index contributed by atoms with van der Waals surface area (Å²) in [4.78, 5) is 24.0. The van der Waals surface area contributed by atoms with E-state index in [4.69, 9.17) is 4.74 Å². The minimum absolute atomic E-state index is 0.0780. The number of nitrogens with one attached hydrogen (secondary N) is 2. The van der Waals surface area contributed by atoms with Crippen molar-refractivity contribution < 1.29 is 14.3 Å². The Morgan fingerprint density at radius 2 is 1.79 bits per heavy atom. The van der Waals surface area contributed by atoms with Crippen LogP contribution in [0.25, 0.3) is 0 Å². The van der Waals surface area contributed by atoms with Gasteiger partial charge in [-0.15, -0.1) is 0 Å². The zero-order valence-corrected chi connectivity index (χ0v) is 14.1. The van der Waals surface area contributed by atoms with E-state index in [1.165, 1.54) is 0 Å². The molecule has 2 N–H and O–H groups in total. The number of hydrogen-bond acceptors (Lipinski definition) is 3. The van der Waals surface area contributed by atoms with Crippen molar-refractivity contribution in [3.05, 3.63) is 59.7 Å². The lowest BCUT2D eigenvalue weighted by Crippen LogP contribution is -2.23. The first kappa shape index (κ1) is 17.5. The molecule has 0 bridgehead atoms. The topological polar surface area (TPSA) is 67.4 Å². The molecule has 2 aromatic rings. The van der Waals surface area contributed by atoms with Gasteiger partial charge >= 0.3 is 0 Å². The fourth-order valence-electron chi connectivity index (χ4n) is 2.05. The second-order valence-corrected chi connectivity index (χ2v) is 5.76. The van der Waals surface area contributed by atoms with Crippen LogP contribution in [0.4, 0.5) is 5.69 Å². The van der Waals surface area contributed by atoms with E-state index in [1.807, 2.05) is 38.1 Å². The first-order valence-electron chi connectivity index (χ1n) is 7.81. The highest BCUT2D eigenvalue weighted by molar-refractivity contribution is 5.97. The quantitative estimate of drug-likeness (QED) is 0.856. The van der Waals surface area contributed by atoms with Crippen LogP contribution >= 0.6 is 0 Å². The van der Waals surface area contributed by atoms with Crippen LogP contribution in [0.2, 0.25) is 0 Å². The third-order valence-electron chi connectivity index (χ3n) is 3.53. The summed E-state index contributed by atoms with van der Waals surface area (Å²) in [5.41, 5.74) is 2.10. The standard InChI is InChI=1S/C19H22N2O3/c1-13(2)18(22)21-16-6-4-5-15(11-16)19(23)20-12-14-7-9-17(24-3)10-8-14/h4-11,13H,12H2,1-3H3,(H,20,23)(H,21,22). The first-order valence-corrected chi connectivity index (χ1v) is 7.81. The van der Waals surface area contributed by atoms with Gasteiger partial charge in [0.2, 0.25) is 5.91 Å². The number of carbonyl (C=O) groups is 2. The summed E-state index contributed by atoms with van der Waals surface area (Å²) in [6, 6.07) is 14.4. The third kappa shape index (κ3) is 4.84. The Bertz CT molecular complexity index is 709. The van der Waals surface area contributed by atoms with Crippen LogP contribution in [-0.2, 0) is 11.3 Å². The number of rotatable bonds is 6.